The van der Waals surface area contributed by atoms with Gasteiger partial charge in [-0.2, -0.15) is 8.75 Å². The van der Waals surface area contributed by atoms with E-state index >= 15 is 0 Å². The molecule has 1 N–H and O–H groups in total. The number of nitrogens with zero attached hydrogens (tertiary/aromatic N) is 3. The maximum absolute atomic E-state index is 13.2. The lowest BCUT2D eigenvalue weighted by atomic mass is 10.1. The highest BCUT2D eigenvalue weighted by molar-refractivity contribution is 14.1. The molecule has 3 aromatic carbocycles. The Labute approximate surface area is 238 Å². The molecule has 0 saturated carbocycles. The van der Waals surface area contributed by atoms with Gasteiger partial charge in [0, 0.05) is 27.4 Å². The van der Waals surface area contributed by atoms with Crippen molar-refractivity contribution in [3.8, 4) is 0 Å². The monoisotopic (exact) mass is 671 g/mol. The molecule has 1 amide bonds. The summed E-state index contributed by atoms with van der Waals surface area (Å²) in [5, 5.41) is 3.73. The molecule has 1 unspecified atom stereocenters. The maximum Gasteiger partial charge on any atom is 0.253 e. The number of rotatable bonds is 9. The Kier molecular flexibility index (Phi) is 9.31. The molecule has 36 heavy (non-hydrogen) atoms. The zero-order valence-electron chi connectivity index (χ0n) is 18.5. The van der Waals surface area contributed by atoms with Crippen LogP contribution in [-0.2, 0) is 28.7 Å². The van der Waals surface area contributed by atoms with E-state index in [1.807, 2.05) is 30.3 Å². The van der Waals surface area contributed by atoms with E-state index in [2.05, 4.69) is 36.7 Å². The summed E-state index contributed by atoms with van der Waals surface area (Å²) in [6, 6.07) is 19.6. The average Bonchev–Trinajstić information content (AvgIpc) is 3.31. The second-order valence-corrected chi connectivity index (χ2v) is 10.5. The van der Waals surface area contributed by atoms with Gasteiger partial charge in [-0.1, -0.05) is 88.3 Å². The Balaban J connectivity index is 1.69. The number of hydrogen-bond acceptors (Lipinski definition) is 6. The molecule has 0 radical (unpaired) electrons. The first-order valence-electron chi connectivity index (χ1n) is 10.5. The zero-order chi connectivity index (χ0) is 25.7. The third-order valence-electron chi connectivity index (χ3n) is 5.23. The first kappa shape index (κ1) is 27.0. The van der Waals surface area contributed by atoms with Crippen LogP contribution in [0.4, 0.5) is 11.5 Å². The van der Waals surface area contributed by atoms with Gasteiger partial charge < -0.3 is 9.87 Å². The maximum atomic E-state index is 13.2. The molecule has 0 aliphatic heterocycles. The van der Waals surface area contributed by atoms with Gasteiger partial charge in [-0.3, -0.25) is 13.3 Å². The number of anilines is 2. The normalized spacial score (nSPS) is 11.8. The Morgan fingerprint density at radius 3 is 2.53 bits per heavy atom. The Hall–Kier alpha value is -2.09. The zero-order valence-corrected chi connectivity index (χ0v) is 23.8. The van der Waals surface area contributed by atoms with E-state index in [1.54, 1.807) is 36.4 Å². The van der Waals surface area contributed by atoms with Crippen molar-refractivity contribution >= 4 is 86.2 Å². The molecule has 0 saturated heterocycles. The van der Waals surface area contributed by atoms with Gasteiger partial charge >= 0.3 is 0 Å². The molecule has 186 valence electrons. The van der Waals surface area contributed by atoms with E-state index in [4.69, 9.17) is 23.2 Å². The highest BCUT2D eigenvalue weighted by Crippen LogP contribution is 2.34. The Morgan fingerprint density at radius 2 is 1.83 bits per heavy atom. The van der Waals surface area contributed by atoms with Gasteiger partial charge in [0.15, 0.2) is 5.82 Å². The van der Waals surface area contributed by atoms with E-state index < -0.39 is 17.2 Å². The summed E-state index contributed by atoms with van der Waals surface area (Å²) in [7, 11) is 0. The Morgan fingerprint density at radius 1 is 1.06 bits per heavy atom. The average molecular weight is 672 g/mol. The first-order chi connectivity index (χ1) is 17.4. The SMILES string of the molecule is O=C(NCc1ccc(Cl)cc1Cl)c1ccc(CI)cc1N(c1nsnc1Cc1ccccc1)S(=O)[O-]. The quantitative estimate of drug-likeness (QED) is 0.129. The lowest BCUT2D eigenvalue weighted by Gasteiger charge is -2.27. The van der Waals surface area contributed by atoms with Crippen molar-refractivity contribution in [2.45, 2.75) is 17.4 Å². The minimum absolute atomic E-state index is 0.139. The number of aromatic nitrogens is 2. The second kappa shape index (κ2) is 12.4. The van der Waals surface area contributed by atoms with Crippen molar-refractivity contribution in [1.82, 2.24) is 14.1 Å². The van der Waals surface area contributed by atoms with Crippen molar-refractivity contribution in [2.24, 2.45) is 0 Å². The van der Waals surface area contributed by atoms with Crippen LogP contribution >= 0.6 is 57.5 Å². The van der Waals surface area contributed by atoms with Crippen molar-refractivity contribution in [1.29, 1.82) is 0 Å². The summed E-state index contributed by atoms with van der Waals surface area (Å²) in [6.07, 6.45) is 0.392. The standard InChI is InChI=1S/C24H19Cl2IN4O3S2/c25-18-8-7-17(20(26)12-18)14-28-24(32)19-9-6-16(13-27)11-22(19)31(36(33)34)23-21(29-35-30-23)10-15-4-2-1-3-5-15/h1-9,11-12H,10,13-14H2,(H,28,32)(H,33,34)/p-1. The molecule has 1 aromatic heterocycles. The number of halogens is 3. The van der Waals surface area contributed by atoms with Crippen molar-refractivity contribution in [3.63, 3.8) is 0 Å². The van der Waals surface area contributed by atoms with Crippen molar-refractivity contribution in [3.05, 3.63) is 105 Å². The number of carbonyl (C=O) groups excluding carboxylic acids is 1. The summed E-state index contributed by atoms with van der Waals surface area (Å²) >= 11 is 12.5. The Bertz CT molecular complexity index is 1410. The van der Waals surface area contributed by atoms with Gasteiger partial charge in [-0.25, -0.2) is 0 Å². The number of nitrogens with one attached hydrogen (secondary N) is 1. The summed E-state index contributed by atoms with van der Waals surface area (Å²) in [5.74, 6) is -0.295. The predicted octanol–water partition coefficient (Wildman–Crippen LogP) is 6.23. The van der Waals surface area contributed by atoms with Gasteiger partial charge in [0.05, 0.1) is 34.2 Å². The summed E-state index contributed by atoms with van der Waals surface area (Å²) in [4.78, 5) is 13.2. The fourth-order valence-electron chi connectivity index (χ4n) is 3.48. The second-order valence-electron chi connectivity index (χ2n) is 7.61. The number of amides is 1. The molecule has 7 nitrogen and oxygen atoms in total. The summed E-state index contributed by atoms with van der Waals surface area (Å²) < 4.78 is 35.3. The van der Waals surface area contributed by atoms with E-state index in [-0.39, 0.29) is 23.6 Å². The molecule has 1 heterocycles. The minimum atomic E-state index is -2.77. The van der Waals surface area contributed by atoms with Crippen LogP contribution < -0.4 is 9.62 Å². The molecule has 0 aliphatic carbocycles. The fraction of sp³-hybridized carbons (Fsp3) is 0.125. The van der Waals surface area contributed by atoms with Gasteiger partial charge in [0.1, 0.15) is 5.69 Å². The lowest BCUT2D eigenvalue weighted by molar-refractivity contribution is 0.0951. The molecule has 4 rings (SSSR count). The van der Waals surface area contributed by atoms with Crippen LogP contribution in [0, 0.1) is 0 Å². The molecule has 0 fully saturated rings. The fourth-order valence-corrected chi connectivity index (χ4v) is 5.63. The molecular weight excluding hydrogens is 654 g/mol. The van der Waals surface area contributed by atoms with Gasteiger partial charge in [-0.15, -0.1) is 0 Å². The van der Waals surface area contributed by atoms with Gasteiger partial charge in [0.2, 0.25) is 0 Å². The van der Waals surface area contributed by atoms with Crippen LogP contribution in [0.1, 0.15) is 32.7 Å². The lowest BCUT2D eigenvalue weighted by Crippen LogP contribution is -2.28. The molecule has 0 bridgehead atoms. The van der Waals surface area contributed by atoms with E-state index in [0.717, 1.165) is 27.2 Å². The van der Waals surface area contributed by atoms with Crippen LogP contribution in [0.2, 0.25) is 10.0 Å². The molecule has 12 heteroatoms. The largest absolute Gasteiger partial charge is 0.755 e. The van der Waals surface area contributed by atoms with Gasteiger partial charge in [0.25, 0.3) is 5.91 Å². The van der Waals surface area contributed by atoms with Crippen LogP contribution in [0.3, 0.4) is 0 Å². The van der Waals surface area contributed by atoms with Crippen LogP contribution in [0.15, 0.2) is 66.7 Å². The number of benzene rings is 3. The van der Waals surface area contributed by atoms with E-state index in [9.17, 15) is 13.6 Å². The smallest absolute Gasteiger partial charge is 0.253 e. The number of carbonyl (C=O) groups is 1. The summed E-state index contributed by atoms with van der Waals surface area (Å²) in [6.45, 7) is 0.139. The third kappa shape index (κ3) is 6.42. The number of alkyl halides is 1. The molecular formula is C24H18Cl2IN4O3S2-. The van der Waals surface area contributed by atoms with Crippen LogP contribution in [0.25, 0.3) is 0 Å². The molecule has 1 atom stereocenters. The molecule has 4 aromatic rings. The number of hydrogen-bond donors (Lipinski definition) is 1. The van der Waals surface area contributed by atoms with E-state index in [1.165, 1.54) is 0 Å². The van der Waals surface area contributed by atoms with Crippen LogP contribution in [0.5, 0.6) is 0 Å². The molecule has 0 spiro atoms. The highest BCUT2D eigenvalue weighted by atomic mass is 127. The highest BCUT2D eigenvalue weighted by Gasteiger charge is 2.25. The van der Waals surface area contributed by atoms with E-state index in [0.29, 0.717) is 32.2 Å². The summed E-state index contributed by atoms with van der Waals surface area (Å²) in [5.41, 5.74) is 3.36. The predicted molar refractivity (Wildman–Crippen MR) is 152 cm³/mol. The van der Waals surface area contributed by atoms with Crippen molar-refractivity contribution in [2.75, 3.05) is 4.31 Å². The molecule has 0 aliphatic rings. The van der Waals surface area contributed by atoms with Crippen molar-refractivity contribution < 1.29 is 13.6 Å². The third-order valence-corrected chi connectivity index (χ3v) is 7.92. The topological polar surface area (TPSA) is 98.2 Å². The van der Waals surface area contributed by atoms with Crippen LogP contribution in [-0.4, -0.2) is 23.4 Å². The van der Waals surface area contributed by atoms with Gasteiger partial charge in [-0.05, 0) is 41.0 Å². The first-order valence-corrected chi connectivity index (χ1v) is 14.6. The minimum Gasteiger partial charge on any atom is -0.755 e.